The fourth-order valence-corrected chi connectivity index (χ4v) is 3.27. The Labute approximate surface area is 142 Å². The van der Waals surface area contributed by atoms with Gasteiger partial charge in [0.1, 0.15) is 5.75 Å². The largest absolute Gasteiger partial charge is 0.494 e. The number of carbonyl (C=O) groups excluding carboxylic acids is 1. The first-order valence-corrected chi connectivity index (χ1v) is 9.04. The van der Waals surface area contributed by atoms with Crippen LogP contribution < -0.4 is 9.46 Å². The standard InChI is InChI=1S/C15H14INO4S/c1-2-21-13-6-8-14(9-7-13)22(19,20)17-15(18)11-4-3-5-12(16)10-11/h3-10H,2H2,1H3,(H,17,18). The van der Waals surface area contributed by atoms with E-state index in [4.69, 9.17) is 4.74 Å². The summed E-state index contributed by atoms with van der Waals surface area (Å²) in [6, 6.07) is 12.6. The minimum Gasteiger partial charge on any atom is -0.494 e. The quantitative estimate of drug-likeness (QED) is 0.740. The van der Waals surface area contributed by atoms with Gasteiger partial charge >= 0.3 is 0 Å². The molecule has 0 fully saturated rings. The van der Waals surface area contributed by atoms with Crippen molar-refractivity contribution in [1.29, 1.82) is 0 Å². The molecule has 116 valence electrons. The molecule has 1 amide bonds. The molecule has 1 N–H and O–H groups in total. The van der Waals surface area contributed by atoms with Crippen LogP contribution >= 0.6 is 22.6 Å². The van der Waals surface area contributed by atoms with E-state index >= 15 is 0 Å². The van der Waals surface area contributed by atoms with Crippen molar-refractivity contribution >= 4 is 38.5 Å². The molecule has 0 aromatic heterocycles. The first kappa shape index (κ1) is 16.8. The predicted molar refractivity (Wildman–Crippen MR) is 91.4 cm³/mol. The highest BCUT2D eigenvalue weighted by molar-refractivity contribution is 14.1. The highest BCUT2D eigenvalue weighted by Gasteiger charge is 2.18. The number of halogens is 1. The summed E-state index contributed by atoms with van der Waals surface area (Å²) in [5.74, 6) is -0.0854. The van der Waals surface area contributed by atoms with Gasteiger partial charge in [0.15, 0.2) is 0 Å². The van der Waals surface area contributed by atoms with Crippen LogP contribution in [0.25, 0.3) is 0 Å². The van der Waals surface area contributed by atoms with Crippen LogP contribution in [0.1, 0.15) is 17.3 Å². The molecule has 2 aromatic carbocycles. The Morgan fingerprint density at radius 1 is 1.18 bits per heavy atom. The van der Waals surface area contributed by atoms with Gasteiger partial charge in [-0.3, -0.25) is 4.79 Å². The number of rotatable bonds is 5. The lowest BCUT2D eigenvalue weighted by Crippen LogP contribution is -2.30. The molecule has 0 saturated carbocycles. The molecule has 0 saturated heterocycles. The van der Waals surface area contributed by atoms with Crippen molar-refractivity contribution in [3.05, 3.63) is 57.7 Å². The minimum absolute atomic E-state index is 0.00920. The van der Waals surface area contributed by atoms with Crippen LogP contribution in [0.3, 0.4) is 0 Å². The third-order valence-corrected chi connectivity index (χ3v) is 4.78. The fourth-order valence-electron chi connectivity index (χ4n) is 1.75. The molecule has 0 spiro atoms. The number of sulfonamides is 1. The highest BCUT2D eigenvalue weighted by Crippen LogP contribution is 2.16. The molecule has 2 rings (SSSR count). The number of ether oxygens (including phenoxy) is 1. The van der Waals surface area contributed by atoms with E-state index < -0.39 is 15.9 Å². The van der Waals surface area contributed by atoms with E-state index in [1.54, 1.807) is 30.3 Å². The topological polar surface area (TPSA) is 72.5 Å². The maximum atomic E-state index is 12.2. The SMILES string of the molecule is CCOc1ccc(S(=O)(=O)NC(=O)c2cccc(I)c2)cc1. The van der Waals surface area contributed by atoms with Gasteiger partial charge in [0, 0.05) is 9.13 Å². The van der Waals surface area contributed by atoms with Crippen molar-refractivity contribution in [3.8, 4) is 5.75 Å². The van der Waals surface area contributed by atoms with Crippen LogP contribution in [0.15, 0.2) is 53.4 Å². The fraction of sp³-hybridized carbons (Fsp3) is 0.133. The predicted octanol–water partition coefficient (Wildman–Crippen LogP) is 2.81. The minimum atomic E-state index is -3.91. The number of amides is 1. The average Bonchev–Trinajstić information content (AvgIpc) is 2.48. The molecular formula is C15H14INO4S. The van der Waals surface area contributed by atoms with Gasteiger partial charge in [-0.15, -0.1) is 0 Å². The second-order valence-corrected chi connectivity index (χ2v) is 7.28. The molecule has 0 aliphatic rings. The summed E-state index contributed by atoms with van der Waals surface area (Å²) in [6.45, 7) is 2.33. The summed E-state index contributed by atoms with van der Waals surface area (Å²) in [5.41, 5.74) is 0.293. The summed E-state index contributed by atoms with van der Waals surface area (Å²) in [4.78, 5) is 12.0. The average molecular weight is 431 g/mol. The van der Waals surface area contributed by atoms with Gasteiger partial charge in [-0.2, -0.15) is 0 Å². The molecule has 0 aliphatic heterocycles. The van der Waals surface area contributed by atoms with Crippen molar-refractivity contribution in [2.75, 3.05) is 6.61 Å². The van der Waals surface area contributed by atoms with Crippen molar-refractivity contribution in [3.63, 3.8) is 0 Å². The third kappa shape index (κ3) is 4.20. The van der Waals surface area contributed by atoms with Crippen molar-refractivity contribution < 1.29 is 17.9 Å². The van der Waals surface area contributed by atoms with Crippen LogP contribution in [0.5, 0.6) is 5.75 Å². The molecule has 2 aromatic rings. The number of benzene rings is 2. The summed E-state index contributed by atoms with van der Waals surface area (Å²) < 4.78 is 32.6. The van der Waals surface area contributed by atoms with Gasteiger partial charge in [0.2, 0.25) is 0 Å². The zero-order chi connectivity index (χ0) is 16.2. The van der Waals surface area contributed by atoms with E-state index in [9.17, 15) is 13.2 Å². The van der Waals surface area contributed by atoms with E-state index in [0.717, 1.165) is 3.57 Å². The summed E-state index contributed by atoms with van der Waals surface area (Å²) in [5, 5.41) is 0. The van der Waals surface area contributed by atoms with E-state index in [1.165, 1.54) is 12.1 Å². The molecule has 0 unspecified atom stereocenters. The maximum absolute atomic E-state index is 12.2. The first-order valence-electron chi connectivity index (χ1n) is 6.48. The van der Waals surface area contributed by atoms with Crippen molar-refractivity contribution in [2.45, 2.75) is 11.8 Å². The summed E-state index contributed by atoms with van der Waals surface area (Å²) in [6.07, 6.45) is 0. The summed E-state index contributed by atoms with van der Waals surface area (Å²) in [7, 11) is -3.91. The Hall–Kier alpha value is -1.61. The van der Waals surface area contributed by atoms with Gasteiger partial charge in [-0.1, -0.05) is 6.07 Å². The van der Waals surface area contributed by atoms with Crippen LogP contribution in [-0.4, -0.2) is 20.9 Å². The molecule has 22 heavy (non-hydrogen) atoms. The first-order chi connectivity index (χ1) is 10.4. The molecule has 0 radical (unpaired) electrons. The Morgan fingerprint density at radius 2 is 1.86 bits per heavy atom. The molecular weight excluding hydrogens is 417 g/mol. The van der Waals surface area contributed by atoms with E-state index in [-0.39, 0.29) is 4.90 Å². The molecule has 0 aliphatic carbocycles. The normalized spacial score (nSPS) is 11.0. The van der Waals surface area contributed by atoms with E-state index in [2.05, 4.69) is 27.3 Å². The Kier molecular flexibility index (Phi) is 5.41. The van der Waals surface area contributed by atoms with Crippen molar-refractivity contribution in [2.24, 2.45) is 0 Å². The summed E-state index contributed by atoms with van der Waals surface area (Å²) >= 11 is 2.06. The third-order valence-electron chi connectivity index (χ3n) is 2.76. The zero-order valence-electron chi connectivity index (χ0n) is 11.7. The number of hydrogen-bond acceptors (Lipinski definition) is 4. The highest BCUT2D eigenvalue weighted by atomic mass is 127. The molecule has 0 atom stereocenters. The second kappa shape index (κ2) is 7.10. The van der Waals surface area contributed by atoms with Gasteiger partial charge in [-0.25, -0.2) is 13.1 Å². The van der Waals surface area contributed by atoms with Crippen LogP contribution in [0, 0.1) is 3.57 Å². The van der Waals surface area contributed by atoms with Gasteiger partial charge < -0.3 is 4.74 Å². The van der Waals surface area contributed by atoms with E-state index in [1.807, 2.05) is 13.0 Å². The molecule has 7 heteroatoms. The lowest BCUT2D eigenvalue weighted by Gasteiger charge is -2.08. The number of hydrogen-bond donors (Lipinski definition) is 1. The van der Waals surface area contributed by atoms with Crippen LogP contribution in [0.2, 0.25) is 0 Å². The maximum Gasteiger partial charge on any atom is 0.265 e. The molecule has 5 nitrogen and oxygen atoms in total. The van der Waals surface area contributed by atoms with Gasteiger partial charge in [-0.05, 0) is 72.0 Å². The smallest absolute Gasteiger partial charge is 0.265 e. The zero-order valence-corrected chi connectivity index (χ0v) is 14.7. The second-order valence-electron chi connectivity index (χ2n) is 4.35. The lowest BCUT2D eigenvalue weighted by molar-refractivity contribution is 0.0981. The molecule has 0 heterocycles. The van der Waals surface area contributed by atoms with Gasteiger partial charge in [0.05, 0.1) is 11.5 Å². The van der Waals surface area contributed by atoms with Gasteiger partial charge in [0.25, 0.3) is 15.9 Å². The number of carbonyl (C=O) groups is 1. The number of nitrogens with one attached hydrogen (secondary N) is 1. The molecule has 0 bridgehead atoms. The monoisotopic (exact) mass is 431 g/mol. The lowest BCUT2D eigenvalue weighted by atomic mass is 10.2. The Bertz CT molecular complexity index is 772. The Balaban J connectivity index is 2.18. The van der Waals surface area contributed by atoms with Crippen molar-refractivity contribution in [1.82, 2.24) is 4.72 Å². The van der Waals surface area contributed by atoms with Crippen LogP contribution in [0.4, 0.5) is 0 Å². The van der Waals surface area contributed by atoms with Crippen LogP contribution in [-0.2, 0) is 10.0 Å². The Morgan fingerprint density at radius 3 is 2.45 bits per heavy atom. The van der Waals surface area contributed by atoms with E-state index in [0.29, 0.717) is 17.9 Å².